The summed E-state index contributed by atoms with van der Waals surface area (Å²) in [6.07, 6.45) is 0. The van der Waals surface area contributed by atoms with E-state index in [0.717, 1.165) is 16.7 Å². The maximum atomic E-state index is 11.8. The van der Waals surface area contributed by atoms with Crippen LogP contribution in [0.2, 0.25) is 23.2 Å². The summed E-state index contributed by atoms with van der Waals surface area (Å²) in [4.78, 5) is 11.8. The molecule has 2 rings (SSSR count). The van der Waals surface area contributed by atoms with E-state index in [1.807, 2.05) is 36.4 Å². The number of esters is 1. The highest BCUT2D eigenvalue weighted by Crippen LogP contribution is 2.38. The molecule has 0 unspecified atom stereocenters. The molecule has 0 heterocycles. The summed E-state index contributed by atoms with van der Waals surface area (Å²) in [5, 5.41) is 0.808. The van der Waals surface area contributed by atoms with Crippen LogP contribution in [0.15, 0.2) is 42.5 Å². The third-order valence-electron chi connectivity index (χ3n) is 5.06. The molecule has 0 amide bonds. The lowest BCUT2D eigenvalue weighted by atomic mass is 9.98. The fraction of sp³-hybridized carbons (Fsp3) is 0.381. The molecule has 0 saturated heterocycles. The van der Waals surface area contributed by atoms with E-state index in [2.05, 4.69) is 33.9 Å². The van der Waals surface area contributed by atoms with Crippen molar-refractivity contribution in [2.45, 2.75) is 45.5 Å². The number of halogens is 1. The third kappa shape index (κ3) is 4.75. The second kappa shape index (κ2) is 7.95. The topological polar surface area (TPSA) is 35.5 Å². The van der Waals surface area contributed by atoms with Crippen molar-refractivity contribution in [1.29, 1.82) is 0 Å². The van der Waals surface area contributed by atoms with Crippen LogP contribution in [0.5, 0.6) is 0 Å². The largest absolute Gasteiger partial charge is 0.465 e. The van der Waals surface area contributed by atoms with Crippen LogP contribution in [-0.2, 0) is 15.8 Å². The number of hydrogen-bond acceptors (Lipinski definition) is 3. The summed E-state index contributed by atoms with van der Waals surface area (Å²) >= 11 is 6.23. The van der Waals surface area contributed by atoms with Gasteiger partial charge in [0, 0.05) is 5.02 Å². The first-order chi connectivity index (χ1) is 12.0. The van der Waals surface area contributed by atoms with E-state index in [1.54, 1.807) is 6.07 Å². The molecule has 0 aliphatic heterocycles. The molecule has 26 heavy (non-hydrogen) atoms. The van der Waals surface area contributed by atoms with Gasteiger partial charge < -0.3 is 9.16 Å². The number of hydrogen-bond donors (Lipinski definition) is 0. The first-order valence-corrected chi connectivity index (χ1v) is 11.9. The Balaban J connectivity index is 2.38. The molecule has 0 radical (unpaired) electrons. The highest BCUT2D eigenvalue weighted by Gasteiger charge is 2.37. The van der Waals surface area contributed by atoms with E-state index < -0.39 is 8.32 Å². The minimum absolute atomic E-state index is 0.135. The van der Waals surface area contributed by atoms with Gasteiger partial charge in [-0.2, -0.15) is 0 Å². The van der Waals surface area contributed by atoms with Gasteiger partial charge in [0.25, 0.3) is 0 Å². The lowest BCUT2D eigenvalue weighted by molar-refractivity contribution is 0.0601. The summed E-state index contributed by atoms with van der Waals surface area (Å²) < 4.78 is 11.2. The minimum atomic E-state index is -1.88. The van der Waals surface area contributed by atoms with E-state index in [1.165, 1.54) is 7.11 Å². The molecule has 2 aromatic rings. The molecule has 0 aliphatic carbocycles. The fourth-order valence-corrected chi connectivity index (χ4v) is 3.51. The molecule has 140 valence electrons. The molecule has 0 aliphatic rings. The van der Waals surface area contributed by atoms with Crippen molar-refractivity contribution in [3.8, 4) is 11.1 Å². The van der Waals surface area contributed by atoms with Gasteiger partial charge in [-0.05, 0) is 59.1 Å². The minimum Gasteiger partial charge on any atom is -0.465 e. The van der Waals surface area contributed by atoms with Crippen LogP contribution >= 0.6 is 11.6 Å². The zero-order valence-electron chi connectivity index (χ0n) is 16.4. The van der Waals surface area contributed by atoms with Crippen LogP contribution in [0.4, 0.5) is 0 Å². The van der Waals surface area contributed by atoms with Gasteiger partial charge in [-0.15, -0.1) is 0 Å². The Hall–Kier alpha value is -1.62. The second-order valence-electron chi connectivity index (χ2n) is 7.92. The molecular weight excluding hydrogens is 364 g/mol. The smallest absolute Gasteiger partial charge is 0.337 e. The molecule has 0 fully saturated rings. The van der Waals surface area contributed by atoms with Crippen molar-refractivity contribution < 1.29 is 14.0 Å². The Morgan fingerprint density at radius 3 is 2.42 bits per heavy atom. The zero-order valence-corrected chi connectivity index (χ0v) is 18.1. The molecule has 0 saturated carbocycles. The van der Waals surface area contributed by atoms with E-state index in [9.17, 15) is 4.79 Å². The van der Waals surface area contributed by atoms with Crippen molar-refractivity contribution in [2.24, 2.45) is 0 Å². The third-order valence-corrected chi connectivity index (χ3v) is 9.77. The van der Waals surface area contributed by atoms with Gasteiger partial charge in [0.2, 0.25) is 0 Å². The van der Waals surface area contributed by atoms with Gasteiger partial charge >= 0.3 is 5.97 Å². The predicted molar refractivity (Wildman–Crippen MR) is 110 cm³/mol. The molecule has 0 atom stereocenters. The fourth-order valence-electron chi connectivity index (χ4n) is 2.37. The molecule has 0 spiro atoms. The van der Waals surface area contributed by atoms with Gasteiger partial charge in [0.1, 0.15) is 0 Å². The maximum Gasteiger partial charge on any atom is 0.337 e. The lowest BCUT2D eigenvalue weighted by Crippen LogP contribution is -2.40. The quantitative estimate of drug-likeness (QED) is 0.443. The van der Waals surface area contributed by atoms with Crippen LogP contribution < -0.4 is 0 Å². The Kier molecular flexibility index (Phi) is 6.32. The number of carbonyl (C=O) groups excluding carboxylic acids is 1. The van der Waals surface area contributed by atoms with E-state index >= 15 is 0 Å². The molecule has 2 aromatic carbocycles. The Morgan fingerprint density at radius 2 is 1.81 bits per heavy atom. The average molecular weight is 391 g/mol. The van der Waals surface area contributed by atoms with Crippen molar-refractivity contribution in [3.63, 3.8) is 0 Å². The van der Waals surface area contributed by atoms with Gasteiger partial charge in [-0.1, -0.05) is 50.6 Å². The summed E-state index contributed by atoms with van der Waals surface area (Å²) in [6.45, 7) is 11.6. The van der Waals surface area contributed by atoms with Crippen molar-refractivity contribution in [2.75, 3.05) is 7.11 Å². The SMILES string of the molecule is COC(=O)c1cccc(-c2ccc(Cl)cc2CO[Si](C)(C)C(C)(C)C)c1. The lowest BCUT2D eigenvalue weighted by Gasteiger charge is -2.36. The number of rotatable bonds is 5. The normalized spacial score (nSPS) is 12.1. The molecular formula is C21H27ClO3Si. The van der Waals surface area contributed by atoms with Crippen LogP contribution in [0.1, 0.15) is 36.7 Å². The van der Waals surface area contributed by atoms with Crippen LogP contribution in [0.3, 0.4) is 0 Å². The predicted octanol–water partition coefficient (Wildman–Crippen LogP) is 6.32. The van der Waals surface area contributed by atoms with Crippen molar-refractivity contribution >= 4 is 25.9 Å². The van der Waals surface area contributed by atoms with Crippen molar-refractivity contribution in [3.05, 3.63) is 58.6 Å². The van der Waals surface area contributed by atoms with E-state index in [-0.39, 0.29) is 11.0 Å². The van der Waals surface area contributed by atoms with Crippen molar-refractivity contribution in [1.82, 2.24) is 0 Å². The molecule has 0 bridgehead atoms. The number of benzene rings is 2. The summed E-state index contributed by atoms with van der Waals surface area (Å²) in [5.41, 5.74) is 3.50. The Morgan fingerprint density at radius 1 is 1.12 bits per heavy atom. The van der Waals surface area contributed by atoms with Gasteiger partial charge in [-0.25, -0.2) is 4.79 Å². The van der Waals surface area contributed by atoms with Gasteiger partial charge in [0.15, 0.2) is 8.32 Å². The molecule has 5 heteroatoms. The Labute approximate surface area is 162 Å². The first-order valence-electron chi connectivity index (χ1n) is 8.66. The zero-order chi connectivity index (χ0) is 19.5. The summed E-state index contributed by atoms with van der Waals surface area (Å²) in [5.74, 6) is -0.347. The molecule has 3 nitrogen and oxygen atoms in total. The van der Waals surface area contributed by atoms with Gasteiger partial charge in [0.05, 0.1) is 19.3 Å². The average Bonchev–Trinajstić information content (AvgIpc) is 2.58. The first kappa shape index (κ1) is 20.7. The highest BCUT2D eigenvalue weighted by atomic mass is 35.5. The number of methoxy groups -OCH3 is 1. The maximum absolute atomic E-state index is 11.8. The number of carbonyl (C=O) groups is 1. The Bertz CT molecular complexity index is 794. The van der Waals surface area contributed by atoms with Gasteiger partial charge in [-0.3, -0.25) is 0 Å². The standard InChI is InChI=1S/C21H27ClO3Si/c1-21(2,3)26(5,6)25-14-17-13-18(22)10-11-19(17)15-8-7-9-16(12-15)20(23)24-4/h7-13H,14H2,1-6H3. The van der Waals surface area contributed by atoms with Crippen LogP contribution in [-0.4, -0.2) is 21.4 Å². The van der Waals surface area contributed by atoms with Crippen LogP contribution in [0, 0.1) is 0 Å². The second-order valence-corrected chi connectivity index (χ2v) is 13.2. The molecule has 0 aromatic heterocycles. The van der Waals surface area contributed by atoms with Crippen LogP contribution in [0.25, 0.3) is 11.1 Å². The monoisotopic (exact) mass is 390 g/mol. The molecule has 0 N–H and O–H groups in total. The van der Waals surface area contributed by atoms with E-state index in [0.29, 0.717) is 17.2 Å². The summed E-state index contributed by atoms with van der Waals surface area (Å²) in [7, 11) is -0.496. The van der Waals surface area contributed by atoms with E-state index in [4.69, 9.17) is 20.8 Å². The summed E-state index contributed by atoms with van der Waals surface area (Å²) in [6, 6.07) is 13.2. The number of ether oxygens (including phenoxy) is 1. The highest BCUT2D eigenvalue weighted by molar-refractivity contribution is 6.74.